The van der Waals surface area contributed by atoms with Gasteiger partial charge in [0, 0.05) is 7.05 Å². The minimum atomic E-state index is -3.75. The van der Waals surface area contributed by atoms with Crippen LogP contribution in [0.1, 0.15) is 11.3 Å². The van der Waals surface area contributed by atoms with Crippen LogP contribution in [0.4, 0.5) is 10.1 Å². The highest BCUT2D eigenvalue weighted by Gasteiger charge is 2.23. The fraction of sp³-hybridized carbons (Fsp3) is 0.231. The molecular weight excluding hydrogens is 283 g/mol. The highest BCUT2D eigenvalue weighted by atomic mass is 32.2. The normalized spacial score (nSPS) is 12.0. The van der Waals surface area contributed by atoms with Gasteiger partial charge >= 0.3 is 0 Å². The van der Waals surface area contributed by atoms with Crippen molar-refractivity contribution < 1.29 is 17.2 Å². The largest absolute Gasteiger partial charge is 0.468 e. The zero-order valence-corrected chi connectivity index (χ0v) is 11.9. The number of aryl methyl sites for hydroxylation is 1. The highest BCUT2D eigenvalue weighted by Crippen LogP contribution is 2.23. The predicted octanol–water partition coefficient (Wildman–Crippen LogP) is 2.13. The van der Waals surface area contributed by atoms with Crippen LogP contribution in [0.25, 0.3) is 0 Å². The lowest BCUT2D eigenvalue weighted by Crippen LogP contribution is -2.26. The molecular formula is C13H15FN2O3S. The van der Waals surface area contributed by atoms with Crippen LogP contribution in [0, 0.1) is 12.7 Å². The van der Waals surface area contributed by atoms with Crippen molar-refractivity contribution in [1.29, 1.82) is 0 Å². The van der Waals surface area contributed by atoms with Crippen molar-refractivity contribution in [2.24, 2.45) is 0 Å². The second kappa shape index (κ2) is 5.26. The number of nitrogen functional groups attached to an aromatic ring is 1. The molecule has 2 N–H and O–H groups in total. The minimum Gasteiger partial charge on any atom is -0.468 e. The number of furan rings is 1. The standard InChI is InChI=1S/C13H15FN2O3S/c1-9-6-11(7-12(15)13(9)14)20(17,18)16(2)8-10-4-3-5-19-10/h3-7H,8,15H2,1-2H3. The first-order valence-corrected chi connectivity index (χ1v) is 7.30. The van der Waals surface area contributed by atoms with Crippen LogP contribution < -0.4 is 5.73 Å². The van der Waals surface area contributed by atoms with Crippen molar-refractivity contribution in [3.63, 3.8) is 0 Å². The van der Waals surface area contributed by atoms with Gasteiger partial charge in [-0.25, -0.2) is 12.8 Å². The summed E-state index contributed by atoms with van der Waals surface area (Å²) in [6.07, 6.45) is 1.47. The first-order chi connectivity index (χ1) is 9.32. The highest BCUT2D eigenvalue weighted by molar-refractivity contribution is 7.89. The number of halogens is 1. The van der Waals surface area contributed by atoms with Gasteiger partial charge in [0.1, 0.15) is 11.6 Å². The molecule has 0 bridgehead atoms. The summed E-state index contributed by atoms with van der Waals surface area (Å²) in [5.41, 5.74) is 5.48. The van der Waals surface area contributed by atoms with Gasteiger partial charge < -0.3 is 10.2 Å². The molecule has 0 radical (unpaired) electrons. The second-order valence-electron chi connectivity index (χ2n) is 4.48. The maximum atomic E-state index is 13.5. The monoisotopic (exact) mass is 298 g/mol. The fourth-order valence-electron chi connectivity index (χ4n) is 1.80. The molecule has 0 aliphatic rings. The fourth-order valence-corrected chi connectivity index (χ4v) is 3.06. The summed E-state index contributed by atoms with van der Waals surface area (Å²) >= 11 is 0. The van der Waals surface area contributed by atoms with Crippen molar-refractivity contribution >= 4 is 15.7 Å². The van der Waals surface area contributed by atoms with E-state index in [0.717, 1.165) is 10.4 Å². The lowest BCUT2D eigenvalue weighted by molar-refractivity contribution is 0.406. The predicted molar refractivity (Wildman–Crippen MR) is 72.9 cm³/mol. The number of nitrogens with zero attached hydrogens (tertiary/aromatic N) is 1. The molecule has 0 atom stereocenters. The Hall–Kier alpha value is -1.86. The molecule has 0 aliphatic carbocycles. The molecule has 0 amide bonds. The summed E-state index contributed by atoms with van der Waals surface area (Å²) in [6, 6.07) is 5.74. The van der Waals surface area contributed by atoms with Crippen molar-refractivity contribution in [3.8, 4) is 0 Å². The van der Waals surface area contributed by atoms with Gasteiger partial charge in [-0.15, -0.1) is 0 Å². The van der Waals surface area contributed by atoms with Crippen LogP contribution in [0.5, 0.6) is 0 Å². The molecule has 2 aromatic rings. The molecule has 0 saturated heterocycles. The summed E-state index contributed by atoms with van der Waals surface area (Å²) < 4.78 is 44.5. The second-order valence-corrected chi connectivity index (χ2v) is 6.53. The Morgan fingerprint density at radius 1 is 1.40 bits per heavy atom. The van der Waals surface area contributed by atoms with Crippen molar-refractivity contribution in [2.75, 3.05) is 12.8 Å². The van der Waals surface area contributed by atoms with E-state index in [2.05, 4.69) is 0 Å². The quantitative estimate of drug-likeness (QED) is 0.877. The van der Waals surface area contributed by atoms with Gasteiger partial charge in [-0.3, -0.25) is 0 Å². The SMILES string of the molecule is Cc1cc(S(=O)(=O)N(C)Cc2ccco2)cc(N)c1F. The maximum Gasteiger partial charge on any atom is 0.243 e. The summed E-state index contributed by atoms with van der Waals surface area (Å²) in [5.74, 6) is -0.0829. The molecule has 20 heavy (non-hydrogen) atoms. The summed E-state index contributed by atoms with van der Waals surface area (Å²) in [6.45, 7) is 1.56. The zero-order chi connectivity index (χ0) is 14.9. The Bertz CT molecular complexity index is 688. The van der Waals surface area contributed by atoms with E-state index in [1.807, 2.05) is 0 Å². The number of sulfonamides is 1. The molecule has 0 spiro atoms. The topological polar surface area (TPSA) is 76.5 Å². The van der Waals surface area contributed by atoms with Gasteiger partial charge in [-0.2, -0.15) is 4.31 Å². The van der Waals surface area contributed by atoms with Crippen molar-refractivity contribution in [1.82, 2.24) is 4.31 Å². The van der Waals surface area contributed by atoms with E-state index in [-0.39, 0.29) is 22.7 Å². The average Bonchev–Trinajstić information content (AvgIpc) is 2.88. The van der Waals surface area contributed by atoms with Crippen LogP contribution >= 0.6 is 0 Å². The van der Waals surface area contributed by atoms with Gasteiger partial charge in [0.15, 0.2) is 0 Å². The average molecular weight is 298 g/mol. The summed E-state index contributed by atoms with van der Waals surface area (Å²) in [7, 11) is -2.33. The number of hydrogen-bond donors (Lipinski definition) is 1. The smallest absolute Gasteiger partial charge is 0.243 e. The van der Waals surface area contributed by atoms with E-state index in [1.54, 1.807) is 12.1 Å². The van der Waals surface area contributed by atoms with Gasteiger partial charge in [-0.05, 0) is 36.8 Å². The first-order valence-electron chi connectivity index (χ1n) is 5.86. The Labute approximate surface area is 116 Å². The molecule has 1 heterocycles. The summed E-state index contributed by atoms with van der Waals surface area (Å²) in [4.78, 5) is -0.0389. The van der Waals surface area contributed by atoms with Crippen LogP contribution in [0.2, 0.25) is 0 Å². The van der Waals surface area contributed by atoms with E-state index in [1.165, 1.54) is 26.3 Å². The van der Waals surface area contributed by atoms with Crippen molar-refractivity contribution in [3.05, 3.63) is 47.7 Å². The Morgan fingerprint density at radius 2 is 2.10 bits per heavy atom. The van der Waals surface area contributed by atoms with Crippen LogP contribution in [-0.4, -0.2) is 19.8 Å². The van der Waals surface area contributed by atoms with E-state index in [4.69, 9.17) is 10.2 Å². The first kappa shape index (κ1) is 14.5. The minimum absolute atomic E-state index is 0.0389. The molecule has 0 saturated carbocycles. The third kappa shape index (κ3) is 2.68. The maximum absolute atomic E-state index is 13.5. The molecule has 7 heteroatoms. The zero-order valence-electron chi connectivity index (χ0n) is 11.1. The van der Waals surface area contributed by atoms with Crippen LogP contribution in [0.3, 0.4) is 0 Å². The van der Waals surface area contributed by atoms with Gasteiger partial charge in [0.2, 0.25) is 10.0 Å². The van der Waals surface area contributed by atoms with E-state index < -0.39 is 15.8 Å². The Kier molecular flexibility index (Phi) is 3.82. The Balaban J connectivity index is 2.35. The lowest BCUT2D eigenvalue weighted by atomic mass is 10.2. The molecule has 5 nitrogen and oxygen atoms in total. The van der Waals surface area contributed by atoms with E-state index in [0.29, 0.717) is 5.76 Å². The van der Waals surface area contributed by atoms with Gasteiger partial charge in [0.05, 0.1) is 23.4 Å². The van der Waals surface area contributed by atoms with Gasteiger partial charge in [-0.1, -0.05) is 0 Å². The molecule has 0 unspecified atom stereocenters. The number of hydrogen-bond acceptors (Lipinski definition) is 4. The molecule has 1 aromatic carbocycles. The molecule has 0 aliphatic heterocycles. The summed E-state index contributed by atoms with van der Waals surface area (Å²) in [5, 5.41) is 0. The molecule has 2 rings (SSSR count). The van der Waals surface area contributed by atoms with Crippen LogP contribution in [-0.2, 0) is 16.6 Å². The number of benzene rings is 1. The Morgan fingerprint density at radius 3 is 2.65 bits per heavy atom. The lowest BCUT2D eigenvalue weighted by Gasteiger charge is -2.17. The van der Waals surface area contributed by atoms with Gasteiger partial charge in [0.25, 0.3) is 0 Å². The van der Waals surface area contributed by atoms with E-state index in [9.17, 15) is 12.8 Å². The number of anilines is 1. The van der Waals surface area contributed by atoms with E-state index >= 15 is 0 Å². The molecule has 108 valence electrons. The third-order valence-corrected chi connectivity index (χ3v) is 4.70. The number of nitrogens with two attached hydrogens (primary N) is 1. The van der Waals surface area contributed by atoms with Crippen LogP contribution in [0.15, 0.2) is 39.8 Å². The van der Waals surface area contributed by atoms with Crippen molar-refractivity contribution in [2.45, 2.75) is 18.4 Å². The number of rotatable bonds is 4. The molecule has 1 aromatic heterocycles. The molecule has 0 fully saturated rings. The third-order valence-electron chi connectivity index (χ3n) is 2.92.